The van der Waals surface area contributed by atoms with Crippen LogP contribution in [0.25, 0.3) is 0 Å². The highest BCUT2D eigenvalue weighted by atomic mass is 16.3. The number of hydrogen-bond donors (Lipinski definition) is 1. The summed E-state index contributed by atoms with van der Waals surface area (Å²) in [5.74, 6) is 0.620. The van der Waals surface area contributed by atoms with Crippen LogP contribution in [0, 0.1) is 5.92 Å². The van der Waals surface area contributed by atoms with Gasteiger partial charge in [0, 0.05) is 0 Å². The van der Waals surface area contributed by atoms with E-state index >= 15 is 0 Å². The van der Waals surface area contributed by atoms with E-state index in [1.54, 1.807) is 0 Å². The summed E-state index contributed by atoms with van der Waals surface area (Å²) < 4.78 is 0. The minimum Gasteiger partial charge on any atom is -0.393 e. The van der Waals surface area contributed by atoms with Crippen molar-refractivity contribution in [3.05, 3.63) is 0 Å². The minimum absolute atomic E-state index is 0.0278. The molecule has 1 fully saturated rings. The fourth-order valence-electron chi connectivity index (χ4n) is 1.49. The highest BCUT2D eigenvalue weighted by Crippen LogP contribution is 2.27. The second kappa shape index (κ2) is 2.49. The lowest BCUT2D eigenvalue weighted by atomic mass is 10.0. The Bertz CT molecular complexity index is 70.8. The van der Waals surface area contributed by atoms with Crippen LogP contribution >= 0.6 is 0 Å². The molecule has 1 aliphatic rings. The molecule has 2 atom stereocenters. The van der Waals surface area contributed by atoms with Gasteiger partial charge >= 0.3 is 0 Å². The minimum atomic E-state index is 0.0278. The van der Waals surface area contributed by atoms with E-state index in [0.717, 1.165) is 12.8 Å². The number of aliphatic hydroxyl groups excluding tert-OH is 1. The SMILES string of the molecule is CC[C@@H]1CCC[C@H]1O. The molecular weight excluding hydrogens is 100 g/mol. The second-order valence-electron chi connectivity index (χ2n) is 2.67. The first-order valence-corrected chi connectivity index (χ1v) is 3.52. The summed E-state index contributed by atoms with van der Waals surface area (Å²) in [7, 11) is 0. The van der Waals surface area contributed by atoms with Gasteiger partial charge in [0.05, 0.1) is 6.10 Å². The van der Waals surface area contributed by atoms with E-state index in [4.69, 9.17) is 0 Å². The molecule has 0 aliphatic heterocycles. The second-order valence-corrected chi connectivity index (χ2v) is 2.67. The summed E-state index contributed by atoms with van der Waals surface area (Å²) in [6.45, 7) is 2.15. The van der Waals surface area contributed by atoms with Crippen molar-refractivity contribution < 1.29 is 5.11 Å². The lowest BCUT2D eigenvalue weighted by Crippen LogP contribution is -2.10. The van der Waals surface area contributed by atoms with Gasteiger partial charge in [-0.2, -0.15) is 0 Å². The molecule has 0 aromatic carbocycles. The van der Waals surface area contributed by atoms with Crippen LogP contribution in [-0.2, 0) is 0 Å². The molecule has 0 bridgehead atoms. The largest absolute Gasteiger partial charge is 0.393 e. The Kier molecular flexibility index (Phi) is 1.90. The van der Waals surface area contributed by atoms with Gasteiger partial charge in [-0.3, -0.25) is 0 Å². The lowest BCUT2D eigenvalue weighted by Gasteiger charge is -2.09. The average molecular weight is 114 g/mol. The van der Waals surface area contributed by atoms with Crippen LogP contribution in [-0.4, -0.2) is 11.2 Å². The van der Waals surface area contributed by atoms with Gasteiger partial charge in [0.15, 0.2) is 0 Å². The van der Waals surface area contributed by atoms with Crippen LogP contribution in [0.1, 0.15) is 32.6 Å². The van der Waals surface area contributed by atoms with Crippen molar-refractivity contribution in [3.63, 3.8) is 0 Å². The van der Waals surface area contributed by atoms with Gasteiger partial charge < -0.3 is 5.11 Å². The van der Waals surface area contributed by atoms with Crippen LogP contribution in [0.15, 0.2) is 0 Å². The third-order valence-corrected chi connectivity index (χ3v) is 2.14. The molecule has 0 heterocycles. The third-order valence-electron chi connectivity index (χ3n) is 2.14. The fraction of sp³-hybridized carbons (Fsp3) is 1.00. The van der Waals surface area contributed by atoms with Crippen LogP contribution < -0.4 is 0 Å². The Morgan fingerprint density at radius 2 is 2.25 bits per heavy atom. The first kappa shape index (κ1) is 6.09. The number of aliphatic hydroxyl groups is 1. The van der Waals surface area contributed by atoms with Crippen LogP contribution in [0.2, 0.25) is 0 Å². The van der Waals surface area contributed by atoms with Crippen molar-refractivity contribution in [2.24, 2.45) is 5.92 Å². The van der Waals surface area contributed by atoms with Gasteiger partial charge in [0.1, 0.15) is 0 Å². The van der Waals surface area contributed by atoms with E-state index in [1.165, 1.54) is 12.8 Å². The molecule has 0 saturated heterocycles. The van der Waals surface area contributed by atoms with E-state index in [1.807, 2.05) is 0 Å². The van der Waals surface area contributed by atoms with Gasteiger partial charge in [0.2, 0.25) is 0 Å². The molecule has 1 N–H and O–H groups in total. The Labute approximate surface area is 50.7 Å². The lowest BCUT2D eigenvalue weighted by molar-refractivity contribution is 0.130. The zero-order chi connectivity index (χ0) is 5.98. The summed E-state index contributed by atoms with van der Waals surface area (Å²) in [6, 6.07) is 0. The molecule has 0 spiro atoms. The number of hydrogen-bond acceptors (Lipinski definition) is 1. The van der Waals surface area contributed by atoms with Gasteiger partial charge in [-0.1, -0.05) is 19.8 Å². The molecule has 1 nitrogen and oxygen atoms in total. The van der Waals surface area contributed by atoms with Gasteiger partial charge in [-0.25, -0.2) is 0 Å². The standard InChI is InChI=1S/C7H14O/c1-2-6-4-3-5-7(6)8/h6-8H,2-5H2,1H3/t6-,7-/m1/s1. The first-order chi connectivity index (χ1) is 3.84. The fourth-order valence-corrected chi connectivity index (χ4v) is 1.49. The molecule has 8 heavy (non-hydrogen) atoms. The molecule has 1 saturated carbocycles. The summed E-state index contributed by atoms with van der Waals surface area (Å²) in [6.07, 6.45) is 4.71. The van der Waals surface area contributed by atoms with Crippen LogP contribution in [0.4, 0.5) is 0 Å². The average Bonchev–Trinajstić information content (AvgIpc) is 2.14. The molecule has 1 aliphatic carbocycles. The zero-order valence-electron chi connectivity index (χ0n) is 5.43. The Balaban J connectivity index is 2.30. The van der Waals surface area contributed by atoms with Gasteiger partial charge in [-0.15, -0.1) is 0 Å². The third kappa shape index (κ3) is 1.03. The highest BCUT2D eigenvalue weighted by molar-refractivity contribution is 4.74. The monoisotopic (exact) mass is 114 g/mol. The molecule has 1 heteroatoms. The van der Waals surface area contributed by atoms with Crippen LogP contribution in [0.5, 0.6) is 0 Å². The quantitative estimate of drug-likeness (QED) is 0.548. The Morgan fingerprint density at radius 1 is 1.50 bits per heavy atom. The van der Waals surface area contributed by atoms with Gasteiger partial charge in [-0.05, 0) is 18.8 Å². The molecule has 48 valence electrons. The van der Waals surface area contributed by atoms with Crippen LogP contribution in [0.3, 0.4) is 0 Å². The topological polar surface area (TPSA) is 20.2 Å². The van der Waals surface area contributed by atoms with Crippen molar-refractivity contribution in [2.75, 3.05) is 0 Å². The maximum absolute atomic E-state index is 9.19. The summed E-state index contributed by atoms with van der Waals surface area (Å²) in [5, 5.41) is 9.19. The predicted octanol–water partition coefficient (Wildman–Crippen LogP) is 1.56. The molecule has 0 radical (unpaired) electrons. The molecule has 0 unspecified atom stereocenters. The Hall–Kier alpha value is -0.0400. The molecule has 0 aromatic rings. The molecular formula is C7H14O. The van der Waals surface area contributed by atoms with E-state index < -0.39 is 0 Å². The summed E-state index contributed by atoms with van der Waals surface area (Å²) >= 11 is 0. The maximum Gasteiger partial charge on any atom is 0.0568 e. The van der Waals surface area contributed by atoms with E-state index in [-0.39, 0.29) is 6.10 Å². The van der Waals surface area contributed by atoms with Gasteiger partial charge in [0.25, 0.3) is 0 Å². The summed E-state index contributed by atoms with van der Waals surface area (Å²) in [4.78, 5) is 0. The molecule has 0 aromatic heterocycles. The van der Waals surface area contributed by atoms with E-state index in [2.05, 4.69) is 6.92 Å². The smallest absolute Gasteiger partial charge is 0.0568 e. The maximum atomic E-state index is 9.19. The van der Waals surface area contributed by atoms with Crippen molar-refractivity contribution >= 4 is 0 Å². The normalized spacial score (nSPS) is 38.2. The van der Waals surface area contributed by atoms with Crippen molar-refractivity contribution in [2.45, 2.75) is 38.7 Å². The van der Waals surface area contributed by atoms with Crippen molar-refractivity contribution in [1.29, 1.82) is 0 Å². The van der Waals surface area contributed by atoms with E-state index in [9.17, 15) is 5.11 Å². The molecule has 0 amide bonds. The van der Waals surface area contributed by atoms with Crippen molar-refractivity contribution in [3.8, 4) is 0 Å². The highest BCUT2D eigenvalue weighted by Gasteiger charge is 2.22. The zero-order valence-corrected chi connectivity index (χ0v) is 5.43. The van der Waals surface area contributed by atoms with Crippen molar-refractivity contribution in [1.82, 2.24) is 0 Å². The predicted molar refractivity (Wildman–Crippen MR) is 33.6 cm³/mol. The summed E-state index contributed by atoms with van der Waals surface area (Å²) in [5.41, 5.74) is 0. The van der Waals surface area contributed by atoms with E-state index in [0.29, 0.717) is 5.92 Å². The number of rotatable bonds is 1. The first-order valence-electron chi connectivity index (χ1n) is 3.52. The molecule has 1 rings (SSSR count). The Morgan fingerprint density at radius 3 is 2.50 bits per heavy atom.